The number of anilines is 1. The van der Waals surface area contributed by atoms with Gasteiger partial charge in [0.05, 0.1) is 12.3 Å². The molecule has 1 amide bonds. The van der Waals surface area contributed by atoms with Crippen molar-refractivity contribution < 1.29 is 18.7 Å². The summed E-state index contributed by atoms with van der Waals surface area (Å²) in [4.78, 5) is 17.0. The first-order valence-electron chi connectivity index (χ1n) is 10.4. The number of benzene rings is 3. The third kappa shape index (κ3) is 5.24. The molecular formula is C25H23FN4O3. The van der Waals surface area contributed by atoms with Gasteiger partial charge in [0.25, 0.3) is 5.91 Å². The number of amides is 1. The number of halogens is 1. The number of aromatic nitrogens is 3. The number of nitrogens with zero attached hydrogens (tertiary/aromatic N) is 3. The van der Waals surface area contributed by atoms with Crippen LogP contribution in [0.5, 0.6) is 6.01 Å². The van der Waals surface area contributed by atoms with Crippen LogP contribution in [0.15, 0.2) is 72.8 Å². The Hall–Kier alpha value is -4.04. The predicted molar refractivity (Wildman–Crippen MR) is 123 cm³/mol. The van der Waals surface area contributed by atoms with Gasteiger partial charge in [-0.2, -0.15) is 4.98 Å². The van der Waals surface area contributed by atoms with Crippen molar-refractivity contribution in [2.75, 3.05) is 25.6 Å². The molecule has 0 atom stereocenters. The largest absolute Gasteiger partial charge is 0.460 e. The summed E-state index contributed by atoms with van der Waals surface area (Å²) < 4.78 is 25.8. The lowest BCUT2D eigenvalue weighted by atomic mass is 10.1. The Kier molecular flexibility index (Phi) is 6.75. The first kappa shape index (κ1) is 22.2. The second-order valence-electron chi connectivity index (χ2n) is 7.30. The minimum Gasteiger partial charge on any atom is -0.460 e. The minimum atomic E-state index is -0.462. The van der Waals surface area contributed by atoms with E-state index in [4.69, 9.17) is 9.47 Å². The van der Waals surface area contributed by atoms with Crippen LogP contribution < -0.4 is 10.1 Å². The molecule has 33 heavy (non-hydrogen) atoms. The van der Waals surface area contributed by atoms with Crippen LogP contribution in [-0.2, 0) is 4.74 Å². The minimum absolute atomic E-state index is 0.244. The number of methoxy groups -OCH3 is 1. The number of hydrogen-bond donors (Lipinski definition) is 1. The highest BCUT2D eigenvalue weighted by Crippen LogP contribution is 2.27. The molecule has 0 aliphatic heterocycles. The van der Waals surface area contributed by atoms with Crippen molar-refractivity contribution in [2.24, 2.45) is 0 Å². The molecule has 8 heteroatoms. The molecule has 0 saturated carbocycles. The second-order valence-corrected chi connectivity index (χ2v) is 7.30. The molecule has 0 radical (unpaired) electrons. The van der Waals surface area contributed by atoms with Gasteiger partial charge in [-0.15, -0.1) is 5.10 Å². The first-order valence-corrected chi connectivity index (χ1v) is 10.4. The topological polar surface area (TPSA) is 78.3 Å². The smallest absolute Gasteiger partial charge is 0.336 e. The van der Waals surface area contributed by atoms with Crippen molar-refractivity contribution >= 4 is 11.6 Å². The maximum absolute atomic E-state index is 13.4. The van der Waals surface area contributed by atoms with Crippen LogP contribution >= 0.6 is 0 Å². The van der Waals surface area contributed by atoms with Crippen LogP contribution in [0.3, 0.4) is 0 Å². The summed E-state index contributed by atoms with van der Waals surface area (Å²) in [6, 6.07) is 20.8. The highest BCUT2D eigenvalue weighted by atomic mass is 19.1. The maximum atomic E-state index is 13.4. The number of carbonyl (C=O) groups excluding carboxylic acids is 1. The lowest BCUT2D eigenvalue weighted by Gasteiger charge is -2.09. The van der Waals surface area contributed by atoms with E-state index < -0.39 is 11.7 Å². The van der Waals surface area contributed by atoms with Gasteiger partial charge in [0.15, 0.2) is 5.82 Å². The molecule has 0 bridgehead atoms. The van der Waals surface area contributed by atoms with E-state index >= 15 is 0 Å². The first-order chi connectivity index (χ1) is 16.0. The molecule has 168 valence electrons. The molecule has 0 fully saturated rings. The number of aryl methyl sites for hydroxylation is 1. The monoisotopic (exact) mass is 446 g/mol. The Bertz CT molecular complexity index is 1250. The lowest BCUT2D eigenvalue weighted by molar-refractivity contribution is 0.102. The predicted octanol–water partition coefficient (Wildman–Crippen LogP) is 4.66. The summed E-state index contributed by atoms with van der Waals surface area (Å²) in [6.45, 7) is 2.76. The summed E-state index contributed by atoms with van der Waals surface area (Å²) in [5.74, 6) is -0.217. The van der Waals surface area contributed by atoms with Gasteiger partial charge in [-0.1, -0.05) is 30.3 Å². The molecule has 0 saturated heterocycles. The van der Waals surface area contributed by atoms with Crippen LogP contribution in [0.1, 0.15) is 15.9 Å². The standard InChI is InChI=1S/C25H23FN4O3/c1-17-6-3-4-9-22(17)23-28-25(33-15-14-32-2)29-30(23)21-12-10-20(11-13-21)27-24(31)18-7-5-8-19(26)16-18/h3-13,16H,14-15H2,1-2H3,(H,27,31). The third-order valence-electron chi connectivity index (χ3n) is 4.95. The summed E-state index contributed by atoms with van der Waals surface area (Å²) in [6.07, 6.45) is 0. The highest BCUT2D eigenvalue weighted by Gasteiger charge is 2.16. The zero-order valence-electron chi connectivity index (χ0n) is 18.3. The van der Waals surface area contributed by atoms with Crippen LogP contribution in [0.25, 0.3) is 17.1 Å². The van der Waals surface area contributed by atoms with Crippen molar-refractivity contribution in [1.29, 1.82) is 0 Å². The van der Waals surface area contributed by atoms with Crippen LogP contribution in [0.4, 0.5) is 10.1 Å². The fraction of sp³-hybridized carbons (Fsp3) is 0.160. The van der Waals surface area contributed by atoms with E-state index in [2.05, 4.69) is 15.4 Å². The van der Waals surface area contributed by atoms with Gasteiger partial charge in [-0.3, -0.25) is 4.79 Å². The summed E-state index contributed by atoms with van der Waals surface area (Å²) in [5.41, 5.74) is 3.53. The Labute approximate surface area is 190 Å². The molecule has 1 N–H and O–H groups in total. The Balaban J connectivity index is 1.61. The highest BCUT2D eigenvalue weighted by molar-refractivity contribution is 6.04. The fourth-order valence-electron chi connectivity index (χ4n) is 3.27. The maximum Gasteiger partial charge on any atom is 0.336 e. The molecule has 0 spiro atoms. The normalized spacial score (nSPS) is 10.8. The van der Waals surface area contributed by atoms with E-state index in [1.54, 1.807) is 30.0 Å². The van der Waals surface area contributed by atoms with E-state index in [1.807, 2.05) is 43.3 Å². The quantitative estimate of drug-likeness (QED) is 0.398. The molecule has 4 aromatic rings. The van der Waals surface area contributed by atoms with Gasteiger partial charge in [-0.25, -0.2) is 9.07 Å². The van der Waals surface area contributed by atoms with Gasteiger partial charge in [-0.05, 0) is 55.0 Å². The van der Waals surface area contributed by atoms with Gasteiger partial charge in [0, 0.05) is 23.9 Å². The number of ether oxygens (including phenoxy) is 2. The Morgan fingerprint density at radius 3 is 2.55 bits per heavy atom. The van der Waals surface area contributed by atoms with Gasteiger partial charge >= 0.3 is 6.01 Å². The average molecular weight is 446 g/mol. The summed E-state index contributed by atoms with van der Waals surface area (Å²) >= 11 is 0. The second kappa shape index (κ2) is 10.1. The lowest BCUT2D eigenvalue weighted by Crippen LogP contribution is -2.12. The summed E-state index contributed by atoms with van der Waals surface area (Å²) in [5, 5.41) is 7.29. The third-order valence-corrected chi connectivity index (χ3v) is 4.95. The van der Waals surface area contributed by atoms with Crippen molar-refractivity contribution in [3.8, 4) is 23.1 Å². The number of nitrogens with one attached hydrogen (secondary N) is 1. The zero-order chi connectivity index (χ0) is 23.2. The van der Waals surface area contributed by atoms with Gasteiger partial charge in [0.1, 0.15) is 12.4 Å². The molecule has 7 nitrogen and oxygen atoms in total. The molecule has 0 aliphatic carbocycles. The Morgan fingerprint density at radius 1 is 1.03 bits per heavy atom. The van der Waals surface area contributed by atoms with E-state index in [0.717, 1.165) is 16.8 Å². The van der Waals surface area contributed by atoms with Crippen LogP contribution in [0, 0.1) is 12.7 Å². The average Bonchev–Trinajstić information content (AvgIpc) is 3.24. The number of rotatable bonds is 8. The van der Waals surface area contributed by atoms with Crippen molar-refractivity contribution in [3.05, 3.63) is 89.7 Å². The van der Waals surface area contributed by atoms with Crippen LogP contribution in [-0.4, -0.2) is 41.0 Å². The molecular weight excluding hydrogens is 423 g/mol. The molecule has 0 aliphatic rings. The zero-order valence-corrected chi connectivity index (χ0v) is 18.3. The number of carbonyl (C=O) groups is 1. The van der Waals surface area contributed by atoms with E-state index in [0.29, 0.717) is 24.7 Å². The molecule has 3 aromatic carbocycles. The van der Waals surface area contributed by atoms with Crippen molar-refractivity contribution in [2.45, 2.75) is 6.92 Å². The molecule has 1 aromatic heterocycles. The van der Waals surface area contributed by atoms with Gasteiger partial charge in [0.2, 0.25) is 0 Å². The van der Waals surface area contributed by atoms with Gasteiger partial charge < -0.3 is 14.8 Å². The van der Waals surface area contributed by atoms with Crippen molar-refractivity contribution in [1.82, 2.24) is 14.8 Å². The van der Waals surface area contributed by atoms with E-state index in [-0.39, 0.29) is 11.6 Å². The molecule has 1 heterocycles. The molecule has 4 rings (SSSR count). The van der Waals surface area contributed by atoms with Crippen molar-refractivity contribution in [3.63, 3.8) is 0 Å². The Morgan fingerprint density at radius 2 is 1.82 bits per heavy atom. The molecule has 0 unspecified atom stereocenters. The van der Waals surface area contributed by atoms with Crippen LogP contribution in [0.2, 0.25) is 0 Å². The van der Waals surface area contributed by atoms with E-state index in [1.165, 1.54) is 18.2 Å². The SMILES string of the molecule is COCCOc1nc(-c2ccccc2C)n(-c2ccc(NC(=O)c3cccc(F)c3)cc2)n1. The number of hydrogen-bond acceptors (Lipinski definition) is 5. The summed E-state index contributed by atoms with van der Waals surface area (Å²) in [7, 11) is 1.60. The fourth-order valence-corrected chi connectivity index (χ4v) is 3.27. The van der Waals surface area contributed by atoms with E-state index in [9.17, 15) is 9.18 Å².